The normalized spacial score (nSPS) is 19.6. The summed E-state index contributed by atoms with van der Waals surface area (Å²) < 4.78 is 18.8. The molecule has 134 valence electrons. The van der Waals surface area contributed by atoms with Crippen molar-refractivity contribution in [1.82, 2.24) is 10.6 Å². The average Bonchev–Trinajstić information content (AvgIpc) is 2.62. The van der Waals surface area contributed by atoms with E-state index in [9.17, 15) is 9.18 Å². The SMILES string of the molecule is COc1ccccc1C(=O)N[C@@H]1CNCC[C@H]1c1cccc(F)c1.Cl. The number of amides is 1. The second-order valence-electron chi connectivity index (χ2n) is 5.93. The summed E-state index contributed by atoms with van der Waals surface area (Å²) in [6.45, 7) is 1.50. The van der Waals surface area contributed by atoms with Crippen molar-refractivity contribution in [3.63, 3.8) is 0 Å². The Morgan fingerprint density at radius 2 is 2.04 bits per heavy atom. The summed E-state index contributed by atoms with van der Waals surface area (Å²) in [5.74, 6) is 0.199. The maximum absolute atomic E-state index is 13.6. The fourth-order valence-corrected chi connectivity index (χ4v) is 3.22. The third-order valence-corrected chi connectivity index (χ3v) is 4.43. The zero-order valence-corrected chi connectivity index (χ0v) is 14.8. The maximum atomic E-state index is 13.6. The Balaban J connectivity index is 0.00000225. The number of carbonyl (C=O) groups excluding carboxylic acids is 1. The lowest BCUT2D eigenvalue weighted by atomic mass is 9.86. The molecule has 1 aliphatic rings. The molecule has 2 atom stereocenters. The van der Waals surface area contributed by atoms with Gasteiger partial charge in [-0.2, -0.15) is 0 Å². The van der Waals surface area contributed by atoms with Crippen LogP contribution in [0.3, 0.4) is 0 Å². The first-order chi connectivity index (χ1) is 11.7. The topological polar surface area (TPSA) is 50.4 Å². The summed E-state index contributed by atoms with van der Waals surface area (Å²) in [6.07, 6.45) is 0.848. The molecule has 25 heavy (non-hydrogen) atoms. The van der Waals surface area contributed by atoms with Crippen molar-refractivity contribution in [2.24, 2.45) is 0 Å². The average molecular weight is 365 g/mol. The van der Waals surface area contributed by atoms with Gasteiger partial charge in [-0.3, -0.25) is 4.79 Å². The summed E-state index contributed by atoms with van der Waals surface area (Å²) in [7, 11) is 1.55. The molecule has 0 radical (unpaired) electrons. The largest absolute Gasteiger partial charge is 0.496 e. The zero-order chi connectivity index (χ0) is 16.9. The molecule has 2 aromatic rings. The maximum Gasteiger partial charge on any atom is 0.255 e. The second kappa shape index (κ2) is 8.83. The van der Waals surface area contributed by atoms with Gasteiger partial charge in [0, 0.05) is 18.5 Å². The van der Waals surface area contributed by atoms with Crippen molar-refractivity contribution in [2.45, 2.75) is 18.4 Å². The first-order valence-corrected chi connectivity index (χ1v) is 8.09. The zero-order valence-electron chi connectivity index (χ0n) is 14.0. The summed E-state index contributed by atoms with van der Waals surface area (Å²) in [5, 5.41) is 6.37. The van der Waals surface area contributed by atoms with Crippen LogP contribution >= 0.6 is 12.4 Å². The number of halogens is 2. The van der Waals surface area contributed by atoms with E-state index in [-0.39, 0.29) is 36.1 Å². The lowest BCUT2D eigenvalue weighted by Crippen LogP contribution is -2.50. The lowest BCUT2D eigenvalue weighted by Gasteiger charge is -2.33. The number of hydrogen-bond acceptors (Lipinski definition) is 3. The number of rotatable bonds is 4. The number of hydrogen-bond donors (Lipinski definition) is 2. The minimum atomic E-state index is -0.249. The molecule has 2 aromatic carbocycles. The number of benzene rings is 2. The minimum absolute atomic E-state index is 0. The Kier molecular flexibility index (Phi) is 6.79. The fraction of sp³-hybridized carbons (Fsp3) is 0.316. The van der Waals surface area contributed by atoms with Crippen LogP contribution < -0.4 is 15.4 Å². The molecular weight excluding hydrogens is 343 g/mol. The minimum Gasteiger partial charge on any atom is -0.496 e. The molecule has 1 aliphatic heterocycles. The van der Waals surface area contributed by atoms with Crippen molar-refractivity contribution in [1.29, 1.82) is 0 Å². The summed E-state index contributed by atoms with van der Waals surface area (Å²) >= 11 is 0. The Morgan fingerprint density at radius 1 is 1.24 bits per heavy atom. The van der Waals surface area contributed by atoms with E-state index in [1.54, 1.807) is 37.4 Å². The monoisotopic (exact) mass is 364 g/mol. The highest BCUT2D eigenvalue weighted by molar-refractivity contribution is 5.97. The van der Waals surface area contributed by atoms with E-state index in [0.29, 0.717) is 17.9 Å². The summed E-state index contributed by atoms with van der Waals surface area (Å²) in [6, 6.07) is 13.7. The molecule has 4 nitrogen and oxygen atoms in total. The van der Waals surface area contributed by atoms with Crippen LogP contribution in [-0.2, 0) is 0 Å². The van der Waals surface area contributed by atoms with Crippen LogP contribution in [0.25, 0.3) is 0 Å². The second-order valence-corrected chi connectivity index (χ2v) is 5.93. The molecule has 1 heterocycles. The Morgan fingerprint density at radius 3 is 2.80 bits per heavy atom. The van der Waals surface area contributed by atoms with Crippen molar-refractivity contribution < 1.29 is 13.9 Å². The molecule has 1 saturated heterocycles. The van der Waals surface area contributed by atoms with Crippen LogP contribution in [0.1, 0.15) is 28.3 Å². The lowest BCUT2D eigenvalue weighted by molar-refractivity contribution is 0.0921. The standard InChI is InChI=1S/C19H21FN2O2.ClH/c1-24-18-8-3-2-7-16(18)19(23)22-17-12-21-10-9-15(17)13-5-4-6-14(20)11-13;/h2-8,11,15,17,21H,9-10,12H2,1H3,(H,22,23);1H/t15-,17+;/m0./s1. The smallest absolute Gasteiger partial charge is 0.255 e. The molecule has 0 saturated carbocycles. The molecule has 2 N–H and O–H groups in total. The third-order valence-electron chi connectivity index (χ3n) is 4.43. The van der Waals surface area contributed by atoms with Gasteiger partial charge >= 0.3 is 0 Å². The molecule has 0 unspecified atom stereocenters. The fourth-order valence-electron chi connectivity index (χ4n) is 3.22. The molecule has 3 rings (SSSR count). The number of para-hydroxylation sites is 1. The van der Waals surface area contributed by atoms with Crippen molar-refractivity contribution >= 4 is 18.3 Å². The number of carbonyl (C=O) groups is 1. The van der Waals surface area contributed by atoms with Crippen LogP contribution in [-0.4, -0.2) is 32.1 Å². The van der Waals surface area contributed by atoms with Gasteiger partial charge in [0.25, 0.3) is 5.91 Å². The van der Waals surface area contributed by atoms with Gasteiger partial charge in [0.2, 0.25) is 0 Å². The van der Waals surface area contributed by atoms with Gasteiger partial charge in [0.15, 0.2) is 0 Å². The quantitative estimate of drug-likeness (QED) is 0.876. The summed E-state index contributed by atoms with van der Waals surface area (Å²) in [5.41, 5.74) is 1.42. The van der Waals surface area contributed by atoms with Gasteiger partial charge in [0.05, 0.1) is 12.7 Å². The van der Waals surface area contributed by atoms with Gasteiger partial charge in [-0.1, -0.05) is 24.3 Å². The van der Waals surface area contributed by atoms with E-state index >= 15 is 0 Å². The van der Waals surface area contributed by atoms with E-state index in [0.717, 1.165) is 18.5 Å². The van der Waals surface area contributed by atoms with E-state index in [4.69, 9.17) is 4.74 Å². The number of ether oxygens (including phenoxy) is 1. The highest BCUT2D eigenvalue weighted by atomic mass is 35.5. The molecule has 0 bridgehead atoms. The van der Waals surface area contributed by atoms with Crippen LogP contribution in [0.2, 0.25) is 0 Å². The number of methoxy groups -OCH3 is 1. The Labute approximate surface area is 153 Å². The highest BCUT2D eigenvalue weighted by Gasteiger charge is 2.28. The van der Waals surface area contributed by atoms with E-state index < -0.39 is 0 Å². The van der Waals surface area contributed by atoms with Crippen LogP contribution in [0.15, 0.2) is 48.5 Å². The van der Waals surface area contributed by atoms with Gasteiger partial charge in [0.1, 0.15) is 11.6 Å². The Hall–Kier alpha value is -2.11. The first kappa shape index (κ1) is 19.2. The molecule has 0 aromatic heterocycles. The van der Waals surface area contributed by atoms with E-state index in [1.165, 1.54) is 6.07 Å². The molecule has 0 aliphatic carbocycles. The summed E-state index contributed by atoms with van der Waals surface area (Å²) in [4.78, 5) is 12.6. The van der Waals surface area contributed by atoms with Gasteiger partial charge < -0.3 is 15.4 Å². The van der Waals surface area contributed by atoms with Gasteiger partial charge in [-0.15, -0.1) is 12.4 Å². The van der Waals surface area contributed by atoms with Crippen molar-refractivity contribution in [2.75, 3.05) is 20.2 Å². The third kappa shape index (κ3) is 4.50. The van der Waals surface area contributed by atoms with Crippen LogP contribution in [0, 0.1) is 5.82 Å². The van der Waals surface area contributed by atoms with Crippen LogP contribution in [0.4, 0.5) is 4.39 Å². The first-order valence-electron chi connectivity index (χ1n) is 8.09. The predicted molar refractivity (Wildman–Crippen MR) is 98.1 cm³/mol. The number of piperidine rings is 1. The van der Waals surface area contributed by atoms with Crippen LogP contribution in [0.5, 0.6) is 5.75 Å². The van der Waals surface area contributed by atoms with E-state index in [2.05, 4.69) is 10.6 Å². The molecule has 6 heteroatoms. The van der Waals surface area contributed by atoms with Crippen molar-refractivity contribution in [3.05, 3.63) is 65.5 Å². The molecular formula is C19H22ClFN2O2. The van der Waals surface area contributed by atoms with E-state index in [1.807, 2.05) is 12.1 Å². The number of nitrogens with one attached hydrogen (secondary N) is 2. The highest BCUT2D eigenvalue weighted by Crippen LogP contribution is 2.27. The predicted octanol–water partition coefficient (Wildman–Crippen LogP) is 3.13. The van der Waals surface area contributed by atoms with Gasteiger partial charge in [-0.25, -0.2) is 4.39 Å². The Bertz CT molecular complexity index is 726. The molecule has 0 spiro atoms. The molecule has 1 fully saturated rings. The molecule has 1 amide bonds. The van der Waals surface area contributed by atoms with Crippen molar-refractivity contribution in [3.8, 4) is 5.75 Å². The van der Waals surface area contributed by atoms with Gasteiger partial charge in [-0.05, 0) is 42.8 Å².